The molecule has 2 atom stereocenters. The monoisotopic (exact) mass is 225 g/mol. The molecule has 3 heteroatoms. The van der Waals surface area contributed by atoms with Gasteiger partial charge in [0.25, 0.3) is 0 Å². The van der Waals surface area contributed by atoms with E-state index >= 15 is 0 Å². The van der Waals surface area contributed by atoms with E-state index in [1.165, 1.54) is 10.5 Å². The van der Waals surface area contributed by atoms with Crippen LogP contribution in [0.1, 0.15) is 19.4 Å². The molecule has 0 fully saturated rings. The lowest BCUT2D eigenvalue weighted by Crippen LogP contribution is -2.14. The van der Waals surface area contributed by atoms with Crippen LogP contribution in [0.2, 0.25) is 0 Å². The van der Waals surface area contributed by atoms with Gasteiger partial charge >= 0.3 is 0 Å². The topological polar surface area (TPSA) is 32.3 Å². The summed E-state index contributed by atoms with van der Waals surface area (Å²) in [4.78, 5) is 1.22. The van der Waals surface area contributed by atoms with Gasteiger partial charge in [0.15, 0.2) is 0 Å². The highest BCUT2D eigenvalue weighted by Crippen LogP contribution is 2.25. The van der Waals surface area contributed by atoms with Crippen molar-refractivity contribution in [2.45, 2.75) is 36.6 Å². The minimum absolute atomic E-state index is 0.231. The van der Waals surface area contributed by atoms with E-state index in [2.05, 4.69) is 29.6 Å². The minimum Gasteiger partial charge on any atom is -0.392 e. The molecule has 0 aliphatic carbocycles. The summed E-state index contributed by atoms with van der Waals surface area (Å²) in [5, 5.41) is 12.8. The fraction of sp³-hybridized carbons (Fsp3) is 0.500. The van der Waals surface area contributed by atoms with Crippen molar-refractivity contribution in [3.8, 4) is 0 Å². The van der Waals surface area contributed by atoms with Crippen molar-refractivity contribution in [3.63, 3.8) is 0 Å². The van der Waals surface area contributed by atoms with E-state index in [4.69, 9.17) is 0 Å². The van der Waals surface area contributed by atoms with Crippen LogP contribution in [-0.2, 0) is 6.54 Å². The molecule has 0 aliphatic rings. The third kappa shape index (κ3) is 4.24. The smallest absolute Gasteiger partial charge is 0.0631 e. The summed E-state index contributed by atoms with van der Waals surface area (Å²) in [5.74, 6) is 0. The summed E-state index contributed by atoms with van der Waals surface area (Å²) in [6.07, 6.45) is -0.275. The fourth-order valence-corrected chi connectivity index (χ4v) is 2.25. The Morgan fingerprint density at radius 2 is 2.13 bits per heavy atom. The van der Waals surface area contributed by atoms with E-state index in [0.717, 1.165) is 6.54 Å². The second kappa shape index (κ2) is 6.16. The molecule has 2 unspecified atom stereocenters. The van der Waals surface area contributed by atoms with Crippen LogP contribution in [-0.4, -0.2) is 23.5 Å². The molecule has 84 valence electrons. The first-order valence-corrected chi connectivity index (χ1v) is 6.09. The third-order valence-electron chi connectivity index (χ3n) is 2.28. The lowest BCUT2D eigenvalue weighted by Gasteiger charge is -2.14. The number of benzene rings is 1. The largest absolute Gasteiger partial charge is 0.392 e. The zero-order valence-electron chi connectivity index (χ0n) is 9.53. The maximum atomic E-state index is 9.42. The summed E-state index contributed by atoms with van der Waals surface area (Å²) in [7, 11) is 1.94. The SMILES string of the molecule is CNCc1cccc(SC(C)C(C)O)c1. The molecule has 0 saturated heterocycles. The van der Waals surface area contributed by atoms with Crippen LogP contribution in [0.25, 0.3) is 0 Å². The highest BCUT2D eigenvalue weighted by atomic mass is 32.2. The van der Waals surface area contributed by atoms with Gasteiger partial charge in [0.2, 0.25) is 0 Å². The van der Waals surface area contributed by atoms with Crippen molar-refractivity contribution in [1.29, 1.82) is 0 Å². The molecular formula is C12H19NOS. The molecular weight excluding hydrogens is 206 g/mol. The lowest BCUT2D eigenvalue weighted by atomic mass is 10.2. The predicted octanol–water partition coefficient (Wildman–Crippen LogP) is 2.27. The number of aliphatic hydroxyl groups excluding tert-OH is 1. The van der Waals surface area contributed by atoms with Crippen LogP contribution in [0, 0.1) is 0 Å². The summed E-state index contributed by atoms with van der Waals surface area (Å²) in [6, 6.07) is 8.42. The van der Waals surface area contributed by atoms with Gasteiger partial charge in [0.05, 0.1) is 6.10 Å². The molecule has 2 nitrogen and oxygen atoms in total. The Kier molecular flexibility index (Phi) is 5.15. The second-order valence-electron chi connectivity index (χ2n) is 3.74. The number of aliphatic hydroxyl groups is 1. The molecule has 1 aromatic carbocycles. The molecule has 1 rings (SSSR count). The van der Waals surface area contributed by atoms with Crippen LogP contribution in [0.15, 0.2) is 29.2 Å². The molecule has 0 aromatic heterocycles. The molecule has 0 saturated carbocycles. The van der Waals surface area contributed by atoms with E-state index in [0.29, 0.717) is 0 Å². The highest BCUT2D eigenvalue weighted by Gasteiger charge is 2.10. The Hall–Kier alpha value is -0.510. The van der Waals surface area contributed by atoms with Gasteiger partial charge in [-0.3, -0.25) is 0 Å². The molecule has 0 amide bonds. The predicted molar refractivity (Wildman–Crippen MR) is 66.2 cm³/mol. The first-order valence-electron chi connectivity index (χ1n) is 5.21. The van der Waals surface area contributed by atoms with Crippen molar-refractivity contribution in [1.82, 2.24) is 5.32 Å². The van der Waals surface area contributed by atoms with E-state index in [1.54, 1.807) is 11.8 Å². The number of rotatable bonds is 5. The van der Waals surface area contributed by atoms with Gasteiger partial charge in [-0.05, 0) is 31.7 Å². The van der Waals surface area contributed by atoms with Gasteiger partial charge in [-0.2, -0.15) is 0 Å². The molecule has 0 spiro atoms. The number of hydrogen-bond acceptors (Lipinski definition) is 3. The van der Waals surface area contributed by atoms with Crippen LogP contribution < -0.4 is 5.32 Å². The van der Waals surface area contributed by atoms with Gasteiger partial charge < -0.3 is 10.4 Å². The van der Waals surface area contributed by atoms with Gasteiger partial charge in [-0.25, -0.2) is 0 Å². The molecule has 0 heterocycles. The van der Waals surface area contributed by atoms with Crippen LogP contribution in [0.3, 0.4) is 0 Å². The van der Waals surface area contributed by atoms with E-state index in [1.807, 2.05) is 20.9 Å². The van der Waals surface area contributed by atoms with Crippen LogP contribution in [0.5, 0.6) is 0 Å². The molecule has 2 N–H and O–H groups in total. The molecule has 0 bridgehead atoms. The normalized spacial score (nSPS) is 14.9. The van der Waals surface area contributed by atoms with Gasteiger partial charge in [-0.15, -0.1) is 11.8 Å². The number of thioether (sulfide) groups is 1. The molecule has 15 heavy (non-hydrogen) atoms. The third-order valence-corrected chi connectivity index (χ3v) is 3.57. The highest BCUT2D eigenvalue weighted by molar-refractivity contribution is 8.00. The first-order chi connectivity index (χ1) is 7.13. The standard InChI is InChI=1S/C12H19NOS/c1-9(14)10(2)15-12-6-4-5-11(7-12)8-13-3/h4-7,9-10,13-14H,8H2,1-3H3. The number of nitrogens with one attached hydrogen (secondary N) is 1. The first kappa shape index (κ1) is 12.6. The minimum atomic E-state index is -0.275. The van der Waals surface area contributed by atoms with Crippen molar-refractivity contribution in [3.05, 3.63) is 29.8 Å². The van der Waals surface area contributed by atoms with Gasteiger partial charge in [0.1, 0.15) is 0 Å². The van der Waals surface area contributed by atoms with Crippen molar-refractivity contribution in [2.24, 2.45) is 0 Å². The maximum Gasteiger partial charge on any atom is 0.0631 e. The average Bonchev–Trinajstić information content (AvgIpc) is 2.18. The number of hydrogen-bond donors (Lipinski definition) is 2. The second-order valence-corrected chi connectivity index (χ2v) is 5.19. The summed E-state index contributed by atoms with van der Waals surface area (Å²) >= 11 is 1.71. The Morgan fingerprint density at radius 1 is 1.40 bits per heavy atom. The average molecular weight is 225 g/mol. The van der Waals surface area contributed by atoms with Crippen LogP contribution >= 0.6 is 11.8 Å². The van der Waals surface area contributed by atoms with E-state index in [9.17, 15) is 5.11 Å². The molecule has 1 aromatic rings. The maximum absolute atomic E-state index is 9.42. The zero-order valence-corrected chi connectivity index (χ0v) is 10.3. The molecule has 0 aliphatic heterocycles. The van der Waals surface area contributed by atoms with Gasteiger partial charge in [0, 0.05) is 16.7 Å². The Balaban J connectivity index is 2.64. The zero-order chi connectivity index (χ0) is 11.3. The Labute approximate surface area is 96.1 Å². The Bertz CT molecular complexity index is 301. The van der Waals surface area contributed by atoms with Crippen LogP contribution in [0.4, 0.5) is 0 Å². The summed E-state index contributed by atoms with van der Waals surface area (Å²) in [6.45, 7) is 4.76. The Morgan fingerprint density at radius 3 is 2.73 bits per heavy atom. The quantitative estimate of drug-likeness (QED) is 0.754. The van der Waals surface area contributed by atoms with Crippen molar-refractivity contribution in [2.75, 3.05) is 7.05 Å². The lowest BCUT2D eigenvalue weighted by molar-refractivity contribution is 0.196. The van der Waals surface area contributed by atoms with Crippen molar-refractivity contribution < 1.29 is 5.11 Å². The van der Waals surface area contributed by atoms with Crippen molar-refractivity contribution >= 4 is 11.8 Å². The fourth-order valence-electron chi connectivity index (χ4n) is 1.25. The van der Waals surface area contributed by atoms with E-state index in [-0.39, 0.29) is 11.4 Å². The van der Waals surface area contributed by atoms with E-state index < -0.39 is 0 Å². The van der Waals surface area contributed by atoms with Gasteiger partial charge in [-0.1, -0.05) is 19.1 Å². The summed E-state index contributed by atoms with van der Waals surface area (Å²) < 4.78 is 0. The summed E-state index contributed by atoms with van der Waals surface area (Å²) in [5.41, 5.74) is 1.28. The molecule has 0 radical (unpaired) electrons.